The van der Waals surface area contributed by atoms with Crippen molar-refractivity contribution in [2.24, 2.45) is 5.92 Å². The Kier molecular flexibility index (Phi) is 5.15. The van der Waals surface area contributed by atoms with E-state index in [9.17, 15) is 4.79 Å². The fourth-order valence-corrected chi connectivity index (χ4v) is 3.55. The highest BCUT2D eigenvalue weighted by Gasteiger charge is 2.20. The van der Waals surface area contributed by atoms with Gasteiger partial charge in [0.25, 0.3) is 5.89 Å². The van der Waals surface area contributed by atoms with Crippen LogP contribution in [0.5, 0.6) is 0 Å². The molecule has 0 aliphatic carbocycles. The molecule has 1 aromatic carbocycles. The molecule has 1 fully saturated rings. The second-order valence-corrected chi connectivity index (χ2v) is 6.88. The maximum absolute atomic E-state index is 12.7. The zero-order valence-electron chi connectivity index (χ0n) is 15.5. The van der Waals surface area contributed by atoms with Crippen LogP contribution < -0.4 is 11.0 Å². The summed E-state index contributed by atoms with van der Waals surface area (Å²) in [6.45, 7) is 4.86. The van der Waals surface area contributed by atoms with Crippen molar-refractivity contribution in [3.63, 3.8) is 0 Å². The molecular weight excluding hydrogens is 344 g/mol. The number of nitrogens with zero attached hydrogens (tertiary/aromatic N) is 5. The Morgan fingerprint density at radius 1 is 1.22 bits per heavy atom. The summed E-state index contributed by atoms with van der Waals surface area (Å²) in [5.41, 5.74) is 0.738. The van der Waals surface area contributed by atoms with Gasteiger partial charge in [0, 0.05) is 18.5 Å². The molecule has 3 heterocycles. The first kappa shape index (κ1) is 17.7. The molecule has 27 heavy (non-hydrogen) atoms. The van der Waals surface area contributed by atoms with Crippen LogP contribution in [0.15, 0.2) is 39.6 Å². The molecule has 1 saturated heterocycles. The Morgan fingerprint density at radius 2 is 2.00 bits per heavy atom. The molecule has 8 heteroatoms. The first-order valence-electron chi connectivity index (χ1n) is 9.50. The van der Waals surface area contributed by atoms with Crippen molar-refractivity contribution in [1.82, 2.24) is 29.8 Å². The molecule has 0 unspecified atom stereocenters. The van der Waals surface area contributed by atoms with E-state index in [4.69, 9.17) is 4.52 Å². The lowest BCUT2D eigenvalue weighted by molar-refractivity contribution is 0.362. The summed E-state index contributed by atoms with van der Waals surface area (Å²) in [4.78, 5) is 17.1. The molecule has 8 nitrogen and oxygen atoms in total. The summed E-state index contributed by atoms with van der Waals surface area (Å²) >= 11 is 0. The van der Waals surface area contributed by atoms with Crippen molar-refractivity contribution in [3.8, 4) is 11.5 Å². The Hall–Kier alpha value is -2.74. The Bertz CT molecular complexity index is 937. The Morgan fingerprint density at radius 3 is 2.74 bits per heavy atom. The minimum absolute atomic E-state index is 0.118. The van der Waals surface area contributed by atoms with Crippen LogP contribution in [0.3, 0.4) is 0 Å². The Balaban J connectivity index is 1.54. The van der Waals surface area contributed by atoms with Crippen molar-refractivity contribution < 1.29 is 4.52 Å². The minimum Gasteiger partial charge on any atom is -0.334 e. The summed E-state index contributed by atoms with van der Waals surface area (Å²) in [7, 11) is 0. The number of aromatic nitrogens is 5. The van der Waals surface area contributed by atoms with Crippen LogP contribution in [0.25, 0.3) is 11.5 Å². The average Bonchev–Trinajstić information content (AvgIpc) is 3.28. The van der Waals surface area contributed by atoms with E-state index in [0.29, 0.717) is 24.2 Å². The van der Waals surface area contributed by atoms with Crippen LogP contribution in [-0.2, 0) is 19.5 Å². The third kappa shape index (κ3) is 3.85. The predicted molar refractivity (Wildman–Crippen MR) is 100 cm³/mol. The molecule has 1 N–H and O–H groups in total. The smallest absolute Gasteiger partial charge is 0.334 e. The van der Waals surface area contributed by atoms with Gasteiger partial charge in [-0.1, -0.05) is 23.4 Å². The van der Waals surface area contributed by atoms with Crippen LogP contribution >= 0.6 is 0 Å². The third-order valence-corrected chi connectivity index (χ3v) is 5.03. The van der Waals surface area contributed by atoms with Gasteiger partial charge in [0.2, 0.25) is 0 Å². The molecule has 0 amide bonds. The van der Waals surface area contributed by atoms with Crippen molar-refractivity contribution >= 4 is 0 Å². The Labute approximate surface area is 157 Å². The van der Waals surface area contributed by atoms with Crippen LogP contribution in [-0.4, -0.2) is 37.6 Å². The molecule has 1 aliphatic rings. The predicted octanol–water partition coefficient (Wildman–Crippen LogP) is 1.71. The van der Waals surface area contributed by atoms with Gasteiger partial charge in [0.1, 0.15) is 12.4 Å². The van der Waals surface area contributed by atoms with E-state index in [2.05, 4.69) is 20.6 Å². The van der Waals surface area contributed by atoms with Gasteiger partial charge < -0.3 is 9.84 Å². The fraction of sp³-hybridized carbons (Fsp3) is 0.474. The molecule has 0 spiro atoms. The summed E-state index contributed by atoms with van der Waals surface area (Å²) in [6, 6.07) is 9.58. The maximum atomic E-state index is 12.7. The summed E-state index contributed by atoms with van der Waals surface area (Å²) in [6.07, 6.45) is 3.07. The monoisotopic (exact) mass is 368 g/mol. The summed E-state index contributed by atoms with van der Waals surface area (Å²) < 4.78 is 8.52. The van der Waals surface area contributed by atoms with E-state index in [1.165, 1.54) is 4.68 Å². The lowest BCUT2D eigenvalue weighted by Crippen LogP contribution is -2.30. The molecule has 0 bridgehead atoms. The number of rotatable bonds is 6. The first-order chi connectivity index (χ1) is 13.2. The van der Waals surface area contributed by atoms with Gasteiger partial charge in [0.15, 0.2) is 5.82 Å². The number of benzene rings is 1. The van der Waals surface area contributed by atoms with Crippen LogP contribution in [0, 0.1) is 5.92 Å². The lowest BCUT2D eigenvalue weighted by Gasteiger charge is -2.21. The quantitative estimate of drug-likeness (QED) is 0.712. The summed E-state index contributed by atoms with van der Waals surface area (Å²) in [5, 5.41) is 12.0. The molecule has 0 saturated carbocycles. The van der Waals surface area contributed by atoms with Gasteiger partial charge in [-0.15, -0.1) is 0 Å². The van der Waals surface area contributed by atoms with Gasteiger partial charge in [-0.25, -0.2) is 9.48 Å². The molecule has 3 aromatic rings. The lowest BCUT2D eigenvalue weighted by atomic mass is 9.94. The normalized spacial score (nSPS) is 15.3. The molecular formula is C19H24N6O2. The van der Waals surface area contributed by atoms with Gasteiger partial charge in [-0.2, -0.15) is 10.1 Å². The van der Waals surface area contributed by atoms with Crippen molar-refractivity contribution in [1.29, 1.82) is 0 Å². The van der Waals surface area contributed by atoms with E-state index in [0.717, 1.165) is 43.7 Å². The van der Waals surface area contributed by atoms with E-state index >= 15 is 0 Å². The second kappa shape index (κ2) is 7.87. The molecule has 2 aromatic heterocycles. The standard InChI is InChI=1S/C19H24N6O2/c1-2-24-17(12-14-8-10-20-11-9-14)22-25(19(24)26)13-16-21-18(27-23-16)15-6-4-3-5-7-15/h3-7,14,20H,2,8-13H2,1H3. The van der Waals surface area contributed by atoms with Crippen molar-refractivity contribution in [2.45, 2.75) is 39.3 Å². The molecule has 0 atom stereocenters. The zero-order chi connectivity index (χ0) is 18.6. The molecule has 1 aliphatic heterocycles. The summed E-state index contributed by atoms with van der Waals surface area (Å²) in [5.74, 6) is 2.32. The van der Waals surface area contributed by atoms with Crippen LogP contribution in [0.1, 0.15) is 31.4 Å². The third-order valence-electron chi connectivity index (χ3n) is 5.03. The SMILES string of the molecule is CCn1c(CC2CCNCC2)nn(Cc2noc(-c3ccccc3)n2)c1=O. The number of piperidine rings is 1. The van der Waals surface area contributed by atoms with E-state index < -0.39 is 0 Å². The molecule has 4 rings (SSSR count). The average molecular weight is 368 g/mol. The number of hydrogen-bond acceptors (Lipinski definition) is 6. The van der Waals surface area contributed by atoms with Crippen molar-refractivity contribution in [3.05, 3.63) is 52.5 Å². The second-order valence-electron chi connectivity index (χ2n) is 6.88. The maximum Gasteiger partial charge on any atom is 0.346 e. The highest BCUT2D eigenvalue weighted by Crippen LogP contribution is 2.18. The highest BCUT2D eigenvalue weighted by atomic mass is 16.5. The molecule has 142 valence electrons. The minimum atomic E-state index is -0.118. The first-order valence-corrected chi connectivity index (χ1v) is 9.50. The number of nitrogens with one attached hydrogen (secondary N) is 1. The van der Waals surface area contributed by atoms with Gasteiger partial charge in [0.05, 0.1) is 0 Å². The van der Waals surface area contributed by atoms with E-state index in [1.807, 2.05) is 37.3 Å². The largest absolute Gasteiger partial charge is 0.346 e. The highest BCUT2D eigenvalue weighted by molar-refractivity contribution is 5.51. The van der Waals surface area contributed by atoms with Gasteiger partial charge >= 0.3 is 5.69 Å². The van der Waals surface area contributed by atoms with E-state index in [1.54, 1.807) is 4.57 Å². The van der Waals surface area contributed by atoms with Gasteiger partial charge in [-0.05, 0) is 50.9 Å². The fourth-order valence-electron chi connectivity index (χ4n) is 3.55. The topological polar surface area (TPSA) is 90.8 Å². The van der Waals surface area contributed by atoms with Gasteiger partial charge in [-0.3, -0.25) is 4.57 Å². The molecule has 0 radical (unpaired) electrons. The zero-order valence-corrected chi connectivity index (χ0v) is 15.5. The van der Waals surface area contributed by atoms with Crippen molar-refractivity contribution in [2.75, 3.05) is 13.1 Å². The van der Waals surface area contributed by atoms with Crippen LogP contribution in [0.2, 0.25) is 0 Å². The number of hydrogen-bond donors (Lipinski definition) is 1. The van der Waals surface area contributed by atoms with Crippen LogP contribution in [0.4, 0.5) is 0 Å². The van der Waals surface area contributed by atoms with E-state index in [-0.39, 0.29) is 12.2 Å².